The monoisotopic (exact) mass is 677 g/mol. The van der Waals surface area contributed by atoms with Crippen molar-refractivity contribution in [1.29, 1.82) is 0 Å². The van der Waals surface area contributed by atoms with E-state index in [1.807, 2.05) is 12.1 Å². The van der Waals surface area contributed by atoms with Gasteiger partial charge >= 0.3 is 0 Å². The lowest BCUT2D eigenvalue weighted by molar-refractivity contribution is 0.669. The minimum atomic E-state index is 0.0902. The van der Waals surface area contributed by atoms with Gasteiger partial charge in [0.05, 0.1) is 28.5 Å². The van der Waals surface area contributed by atoms with Crippen LogP contribution in [0.5, 0.6) is 0 Å². The zero-order valence-corrected chi connectivity index (χ0v) is 28.6. The van der Waals surface area contributed by atoms with E-state index in [1.165, 1.54) is 10.9 Å². The molecule has 11 rings (SSSR count). The van der Waals surface area contributed by atoms with E-state index in [4.69, 9.17) is 14.4 Å². The Morgan fingerprint density at radius 3 is 2.26 bits per heavy atom. The molecule has 0 aliphatic carbocycles. The van der Waals surface area contributed by atoms with Gasteiger partial charge in [0.2, 0.25) is 0 Å². The maximum Gasteiger partial charge on any atom is 0.162 e. The van der Waals surface area contributed by atoms with Gasteiger partial charge in [0.25, 0.3) is 0 Å². The fourth-order valence-electron chi connectivity index (χ4n) is 8.05. The van der Waals surface area contributed by atoms with Gasteiger partial charge in [-0.2, -0.15) is 0 Å². The average Bonchev–Trinajstić information content (AvgIpc) is 3.63. The van der Waals surface area contributed by atoms with Gasteiger partial charge in [-0.3, -0.25) is 0 Å². The van der Waals surface area contributed by atoms with Gasteiger partial charge in [0, 0.05) is 32.7 Å². The number of hydrogen-bond donors (Lipinski definition) is 1. The quantitative estimate of drug-likeness (QED) is 0.201. The van der Waals surface area contributed by atoms with E-state index in [-0.39, 0.29) is 6.04 Å². The summed E-state index contributed by atoms with van der Waals surface area (Å²) in [6.07, 6.45) is 4.43. The van der Waals surface area contributed by atoms with Gasteiger partial charge in [-0.1, -0.05) is 146 Å². The average molecular weight is 678 g/mol. The largest absolute Gasteiger partial charge is 0.454 e. The third-order valence-electron chi connectivity index (χ3n) is 10.7. The Morgan fingerprint density at radius 1 is 0.547 bits per heavy atom. The third-order valence-corrected chi connectivity index (χ3v) is 10.7. The van der Waals surface area contributed by atoms with Crippen molar-refractivity contribution in [2.24, 2.45) is 0 Å². The van der Waals surface area contributed by atoms with Crippen molar-refractivity contribution in [2.45, 2.75) is 6.04 Å². The highest BCUT2D eigenvalue weighted by Gasteiger charge is 2.21. The summed E-state index contributed by atoms with van der Waals surface area (Å²) in [6, 6.07) is 57.7. The summed E-state index contributed by atoms with van der Waals surface area (Å²) in [6.45, 7) is 0. The number of benzene rings is 7. The first-order chi connectivity index (χ1) is 26.2. The van der Waals surface area contributed by atoms with Gasteiger partial charge in [0.15, 0.2) is 5.58 Å². The molecule has 0 radical (unpaired) electrons. The predicted octanol–water partition coefficient (Wildman–Crippen LogP) is 13.0. The van der Waals surface area contributed by atoms with Crippen molar-refractivity contribution in [3.8, 4) is 33.6 Å². The Morgan fingerprint density at radius 2 is 1.32 bits per heavy atom. The highest BCUT2D eigenvalue weighted by atomic mass is 16.3. The lowest BCUT2D eigenvalue weighted by Gasteiger charge is -2.24. The standard InChI is InChI=1S/C49H31N3O/c1-2-11-31(12-3-1)41-25-22-32-20-21-33-23-26-42(51-47(33)46(32)50-41)36-15-8-14-34(28-36)35-24-27-43-40(29-35)45-39-17-6-7-19-44(39)53-49(45)48(52-43)38-18-9-13-30-10-4-5-16-37(30)38/h1-29,41,50H. The predicted molar refractivity (Wildman–Crippen MR) is 220 cm³/mol. The number of fused-ring (bicyclic) bond motifs is 9. The smallest absolute Gasteiger partial charge is 0.162 e. The second-order valence-corrected chi connectivity index (χ2v) is 13.8. The lowest BCUT2D eigenvalue weighted by atomic mass is 9.96. The van der Waals surface area contributed by atoms with Crippen molar-refractivity contribution in [3.05, 3.63) is 181 Å². The Kier molecular flexibility index (Phi) is 6.58. The number of rotatable bonds is 4. The van der Waals surface area contributed by atoms with E-state index in [0.29, 0.717) is 0 Å². The summed E-state index contributed by atoms with van der Waals surface area (Å²) in [5.41, 5.74) is 13.2. The molecule has 0 saturated heterocycles. The van der Waals surface area contributed by atoms with Crippen LogP contribution in [0.1, 0.15) is 17.2 Å². The summed E-state index contributed by atoms with van der Waals surface area (Å²) in [5, 5.41) is 10.5. The number of aromatic nitrogens is 2. The van der Waals surface area contributed by atoms with E-state index in [2.05, 4.69) is 169 Å². The van der Waals surface area contributed by atoms with E-state index >= 15 is 0 Å². The number of pyridine rings is 2. The van der Waals surface area contributed by atoms with Crippen LogP contribution in [0.3, 0.4) is 0 Å². The van der Waals surface area contributed by atoms with Gasteiger partial charge in [-0.25, -0.2) is 9.97 Å². The van der Waals surface area contributed by atoms with E-state index < -0.39 is 0 Å². The summed E-state index contributed by atoms with van der Waals surface area (Å²) in [4.78, 5) is 10.6. The minimum absolute atomic E-state index is 0.0902. The van der Waals surface area contributed by atoms with Crippen molar-refractivity contribution in [2.75, 3.05) is 5.32 Å². The highest BCUT2D eigenvalue weighted by molar-refractivity contribution is 6.22. The Balaban J connectivity index is 1.04. The van der Waals surface area contributed by atoms with E-state index in [9.17, 15) is 0 Å². The molecule has 10 aromatic rings. The number of para-hydroxylation sites is 1. The molecule has 4 heteroatoms. The first kappa shape index (κ1) is 29.7. The number of nitrogens with one attached hydrogen (secondary N) is 1. The highest BCUT2D eigenvalue weighted by Crippen LogP contribution is 2.42. The van der Waals surface area contributed by atoms with Crippen LogP contribution in [-0.2, 0) is 0 Å². The van der Waals surface area contributed by atoms with Crippen molar-refractivity contribution >= 4 is 66.3 Å². The summed E-state index contributed by atoms with van der Waals surface area (Å²) < 4.78 is 6.64. The van der Waals surface area contributed by atoms with Gasteiger partial charge in [-0.05, 0) is 63.4 Å². The first-order valence-corrected chi connectivity index (χ1v) is 18.0. The molecule has 0 bridgehead atoms. The molecule has 0 fully saturated rings. The van der Waals surface area contributed by atoms with E-state index in [1.54, 1.807) is 0 Å². The number of furan rings is 1. The summed E-state index contributed by atoms with van der Waals surface area (Å²) >= 11 is 0. The maximum atomic E-state index is 6.64. The van der Waals surface area contributed by atoms with Crippen LogP contribution >= 0.6 is 0 Å². The van der Waals surface area contributed by atoms with Crippen LogP contribution in [0, 0.1) is 0 Å². The van der Waals surface area contributed by atoms with Crippen LogP contribution in [0.2, 0.25) is 0 Å². The minimum Gasteiger partial charge on any atom is -0.454 e. The fourth-order valence-corrected chi connectivity index (χ4v) is 8.05. The topological polar surface area (TPSA) is 51.0 Å². The van der Waals surface area contributed by atoms with Gasteiger partial charge in [-0.15, -0.1) is 0 Å². The zero-order chi connectivity index (χ0) is 34.9. The molecule has 1 atom stereocenters. The molecule has 3 aromatic heterocycles. The molecule has 1 unspecified atom stereocenters. The van der Waals surface area contributed by atoms with Crippen LogP contribution in [0.25, 0.3) is 94.2 Å². The summed E-state index contributed by atoms with van der Waals surface area (Å²) in [5.74, 6) is 0. The molecule has 0 amide bonds. The van der Waals surface area contributed by atoms with Crippen molar-refractivity contribution < 1.29 is 4.42 Å². The molecule has 248 valence electrons. The first-order valence-electron chi connectivity index (χ1n) is 18.0. The van der Waals surface area contributed by atoms with Gasteiger partial charge in [0.1, 0.15) is 11.3 Å². The van der Waals surface area contributed by atoms with Crippen LogP contribution in [-0.4, -0.2) is 9.97 Å². The van der Waals surface area contributed by atoms with Crippen molar-refractivity contribution in [1.82, 2.24) is 9.97 Å². The molecule has 1 aliphatic rings. The SMILES string of the molecule is C1=CC(c2ccccc2)Nc2c1ccc1ccc(-c3cccc(-c4ccc5nc(-c6cccc7ccccc67)c6oc7ccccc7c6c5c4)c3)nc21. The second kappa shape index (κ2) is 11.8. The number of hydrogen-bond acceptors (Lipinski definition) is 4. The van der Waals surface area contributed by atoms with Crippen LogP contribution in [0.15, 0.2) is 174 Å². The second-order valence-electron chi connectivity index (χ2n) is 13.8. The molecule has 53 heavy (non-hydrogen) atoms. The lowest BCUT2D eigenvalue weighted by Crippen LogP contribution is -2.12. The zero-order valence-electron chi connectivity index (χ0n) is 28.6. The molecular weight excluding hydrogens is 647 g/mol. The van der Waals surface area contributed by atoms with E-state index in [0.717, 1.165) is 94.0 Å². The third kappa shape index (κ3) is 4.84. The molecule has 0 spiro atoms. The Hall–Kier alpha value is -7.04. The molecule has 0 saturated carbocycles. The van der Waals surface area contributed by atoms with Crippen molar-refractivity contribution in [3.63, 3.8) is 0 Å². The number of nitrogens with zero attached hydrogens (tertiary/aromatic N) is 2. The Labute approximate surface area is 305 Å². The number of anilines is 1. The van der Waals surface area contributed by atoms with Crippen LogP contribution < -0.4 is 5.32 Å². The molecule has 7 aromatic carbocycles. The normalized spacial score (nSPS) is 13.9. The maximum absolute atomic E-state index is 6.64. The molecule has 1 N–H and O–H groups in total. The van der Waals surface area contributed by atoms with Crippen LogP contribution in [0.4, 0.5) is 5.69 Å². The molecular formula is C49H31N3O. The Bertz CT molecular complexity index is 3100. The molecule has 4 heterocycles. The molecule has 4 nitrogen and oxygen atoms in total. The van der Waals surface area contributed by atoms with Gasteiger partial charge < -0.3 is 9.73 Å². The summed E-state index contributed by atoms with van der Waals surface area (Å²) in [7, 11) is 0. The molecule has 1 aliphatic heterocycles. The fraction of sp³-hybridized carbons (Fsp3) is 0.0204.